The van der Waals surface area contributed by atoms with Gasteiger partial charge in [0.05, 0.1) is 32.0 Å². The minimum Gasteiger partial charge on any atom is -0.495 e. The maximum absolute atomic E-state index is 13.0. The quantitative estimate of drug-likeness (QED) is 0.767. The van der Waals surface area contributed by atoms with E-state index < -0.39 is 0 Å². The Labute approximate surface area is 176 Å². The van der Waals surface area contributed by atoms with Gasteiger partial charge in [0.15, 0.2) is 0 Å². The van der Waals surface area contributed by atoms with Gasteiger partial charge in [-0.3, -0.25) is 14.5 Å². The van der Waals surface area contributed by atoms with E-state index in [1.807, 2.05) is 35.2 Å². The first-order valence-corrected chi connectivity index (χ1v) is 10.4. The standard InChI is InChI=1S/C23H27N3O4/c1-29-21-8-3-2-6-18(21)25-22(27)15-26-12-5-4-7-19(26)23(28)24-17-9-10-20-16(14-17)11-13-30-20/h2-3,6,8-10,14,19H,4-5,7,11-13,15H2,1H3,(H,24,28)(H,25,27)/t19-/m1/s1. The fraction of sp³-hybridized carbons (Fsp3) is 0.391. The molecule has 0 aliphatic carbocycles. The van der Waals surface area contributed by atoms with Crippen molar-refractivity contribution in [3.8, 4) is 11.5 Å². The molecule has 30 heavy (non-hydrogen) atoms. The number of piperidine rings is 1. The van der Waals surface area contributed by atoms with Crippen LogP contribution in [-0.4, -0.2) is 49.6 Å². The number of amides is 2. The highest BCUT2D eigenvalue weighted by molar-refractivity contribution is 5.97. The van der Waals surface area contributed by atoms with Crippen molar-refractivity contribution in [3.63, 3.8) is 0 Å². The predicted octanol–water partition coefficient (Wildman–Crippen LogP) is 3.06. The lowest BCUT2D eigenvalue weighted by molar-refractivity contribution is -0.124. The number of para-hydroxylation sites is 2. The highest BCUT2D eigenvalue weighted by Gasteiger charge is 2.30. The number of ether oxygens (including phenoxy) is 2. The molecule has 2 aromatic rings. The third-order valence-electron chi connectivity index (χ3n) is 5.60. The summed E-state index contributed by atoms with van der Waals surface area (Å²) in [4.78, 5) is 27.6. The van der Waals surface area contributed by atoms with Gasteiger partial charge in [0.1, 0.15) is 11.5 Å². The molecule has 4 rings (SSSR count). The SMILES string of the molecule is COc1ccccc1NC(=O)CN1CCCC[C@@H]1C(=O)Nc1ccc2c(c1)CCO2. The number of fused-ring (bicyclic) bond motifs is 1. The molecule has 2 N–H and O–H groups in total. The zero-order chi connectivity index (χ0) is 20.9. The van der Waals surface area contributed by atoms with Gasteiger partial charge < -0.3 is 20.1 Å². The maximum Gasteiger partial charge on any atom is 0.241 e. The molecule has 7 heteroatoms. The van der Waals surface area contributed by atoms with Crippen LogP contribution in [0.1, 0.15) is 24.8 Å². The number of hydrogen-bond acceptors (Lipinski definition) is 5. The molecule has 2 aliphatic rings. The van der Waals surface area contributed by atoms with Crippen LogP contribution in [0.3, 0.4) is 0 Å². The Bertz CT molecular complexity index is 930. The first-order valence-electron chi connectivity index (χ1n) is 10.4. The molecule has 1 fully saturated rings. The van der Waals surface area contributed by atoms with Crippen LogP contribution in [0.15, 0.2) is 42.5 Å². The van der Waals surface area contributed by atoms with Gasteiger partial charge in [-0.25, -0.2) is 0 Å². The summed E-state index contributed by atoms with van der Waals surface area (Å²) in [7, 11) is 1.57. The molecule has 2 amide bonds. The van der Waals surface area contributed by atoms with E-state index in [9.17, 15) is 9.59 Å². The van der Waals surface area contributed by atoms with E-state index in [2.05, 4.69) is 10.6 Å². The Balaban J connectivity index is 1.39. The van der Waals surface area contributed by atoms with Crippen LogP contribution in [0.2, 0.25) is 0 Å². The predicted molar refractivity (Wildman–Crippen MR) is 115 cm³/mol. The minimum atomic E-state index is -0.327. The van der Waals surface area contributed by atoms with E-state index in [0.29, 0.717) is 18.0 Å². The highest BCUT2D eigenvalue weighted by Crippen LogP contribution is 2.28. The van der Waals surface area contributed by atoms with Gasteiger partial charge in [-0.2, -0.15) is 0 Å². The number of benzene rings is 2. The Morgan fingerprint density at radius 3 is 2.90 bits per heavy atom. The van der Waals surface area contributed by atoms with Gasteiger partial charge in [-0.1, -0.05) is 18.6 Å². The molecule has 158 valence electrons. The number of rotatable bonds is 6. The minimum absolute atomic E-state index is 0.0707. The van der Waals surface area contributed by atoms with E-state index in [4.69, 9.17) is 9.47 Å². The molecule has 0 aromatic heterocycles. The molecule has 0 unspecified atom stereocenters. The van der Waals surface area contributed by atoms with E-state index in [1.165, 1.54) is 0 Å². The van der Waals surface area contributed by atoms with Crippen LogP contribution in [-0.2, 0) is 16.0 Å². The molecule has 7 nitrogen and oxygen atoms in total. The first-order chi connectivity index (χ1) is 14.6. The second-order valence-electron chi connectivity index (χ2n) is 7.64. The molecule has 0 bridgehead atoms. The van der Waals surface area contributed by atoms with E-state index >= 15 is 0 Å². The van der Waals surface area contributed by atoms with E-state index in [0.717, 1.165) is 49.2 Å². The lowest BCUT2D eigenvalue weighted by Crippen LogP contribution is -2.49. The van der Waals surface area contributed by atoms with E-state index in [-0.39, 0.29) is 24.4 Å². The topological polar surface area (TPSA) is 79.9 Å². The molecule has 2 aliphatic heterocycles. The van der Waals surface area contributed by atoms with Crippen LogP contribution < -0.4 is 20.1 Å². The van der Waals surface area contributed by atoms with Crippen molar-refractivity contribution >= 4 is 23.2 Å². The van der Waals surface area contributed by atoms with Crippen molar-refractivity contribution in [1.82, 2.24) is 4.90 Å². The number of methoxy groups -OCH3 is 1. The number of hydrogen-bond donors (Lipinski definition) is 2. The third kappa shape index (κ3) is 4.57. The van der Waals surface area contributed by atoms with Crippen LogP contribution >= 0.6 is 0 Å². The number of nitrogens with one attached hydrogen (secondary N) is 2. The van der Waals surface area contributed by atoms with Crippen molar-refractivity contribution in [2.75, 3.05) is 37.4 Å². The number of anilines is 2. The van der Waals surface area contributed by atoms with Gasteiger partial charge in [-0.05, 0) is 55.3 Å². The van der Waals surface area contributed by atoms with Crippen molar-refractivity contribution < 1.29 is 19.1 Å². The summed E-state index contributed by atoms with van der Waals surface area (Å²) >= 11 is 0. The van der Waals surface area contributed by atoms with Crippen molar-refractivity contribution in [2.24, 2.45) is 0 Å². The summed E-state index contributed by atoms with van der Waals surface area (Å²) in [6, 6.07) is 12.7. The summed E-state index contributed by atoms with van der Waals surface area (Å²) in [5.74, 6) is 1.27. The highest BCUT2D eigenvalue weighted by atomic mass is 16.5. The van der Waals surface area contributed by atoms with Crippen molar-refractivity contribution in [2.45, 2.75) is 31.7 Å². The van der Waals surface area contributed by atoms with Gasteiger partial charge >= 0.3 is 0 Å². The summed E-state index contributed by atoms with van der Waals surface area (Å²) in [6.07, 6.45) is 3.54. The molecule has 0 spiro atoms. The fourth-order valence-electron chi connectivity index (χ4n) is 4.09. The summed E-state index contributed by atoms with van der Waals surface area (Å²) < 4.78 is 10.8. The fourth-order valence-corrected chi connectivity index (χ4v) is 4.09. The molecule has 0 radical (unpaired) electrons. The van der Waals surface area contributed by atoms with Gasteiger partial charge in [0.2, 0.25) is 11.8 Å². The van der Waals surface area contributed by atoms with Gasteiger partial charge in [0.25, 0.3) is 0 Å². The average molecular weight is 409 g/mol. The smallest absolute Gasteiger partial charge is 0.241 e. The Morgan fingerprint density at radius 2 is 2.03 bits per heavy atom. The summed E-state index contributed by atoms with van der Waals surface area (Å²) in [6.45, 7) is 1.56. The average Bonchev–Trinajstić information content (AvgIpc) is 3.22. The number of nitrogens with zero attached hydrogens (tertiary/aromatic N) is 1. The molecular formula is C23H27N3O4. The van der Waals surface area contributed by atoms with Crippen molar-refractivity contribution in [3.05, 3.63) is 48.0 Å². The number of likely N-dealkylation sites (tertiary alicyclic amines) is 1. The second kappa shape index (κ2) is 9.17. The van der Waals surface area contributed by atoms with Crippen LogP contribution in [0.5, 0.6) is 11.5 Å². The van der Waals surface area contributed by atoms with Gasteiger partial charge in [-0.15, -0.1) is 0 Å². The maximum atomic E-state index is 13.0. The molecule has 0 saturated carbocycles. The summed E-state index contributed by atoms with van der Waals surface area (Å²) in [5, 5.41) is 5.92. The summed E-state index contributed by atoms with van der Waals surface area (Å²) in [5.41, 5.74) is 2.51. The van der Waals surface area contributed by atoms with Gasteiger partial charge in [0, 0.05) is 12.1 Å². The first kappa shape index (κ1) is 20.2. The molecule has 1 atom stereocenters. The Morgan fingerprint density at radius 1 is 1.17 bits per heavy atom. The third-order valence-corrected chi connectivity index (χ3v) is 5.60. The van der Waals surface area contributed by atoms with Crippen LogP contribution in [0.25, 0.3) is 0 Å². The zero-order valence-electron chi connectivity index (χ0n) is 17.1. The molecule has 2 heterocycles. The monoisotopic (exact) mass is 409 g/mol. The normalized spacial score (nSPS) is 18.2. The number of carbonyl (C=O) groups is 2. The zero-order valence-corrected chi connectivity index (χ0v) is 17.1. The second-order valence-corrected chi connectivity index (χ2v) is 7.64. The molecule has 2 aromatic carbocycles. The van der Waals surface area contributed by atoms with E-state index in [1.54, 1.807) is 19.2 Å². The Hall–Kier alpha value is -3.06. The molecular weight excluding hydrogens is 382 g/mol. The van der Waals surface area contributed by atoms with Crippen LogP contribution in [0.4, 0.5) is 11.4 Å². The van der Waals surface area contributed by atoms with Crippen LogP contribution in [0, 0.1) is 0 Å². The van der Waals surface area contributed by atoms with Crippen molar-refractivity contribution in [1.29, 1.82) is 0 Å². The lowest BCUT2D eigenvalue weighted by Gasteiger charge is -2.34. The molecule has 1 saturated heterocycles. The lowest BCUT2D eigenvalue weighted by atomic mass is 10.0. The number of carbonyl (C=O) groups excluding carboxylic acids is 2. The Kier molecular flexibility index (Phi) is 6.18. The largest absolute Gasteiger partial charge is 0.495 e.